The van der Waals surface area contributed by atoms with Crippen LogP contribution in [0.25, 0.3) is 0 Å². The third-order valence-corrected chi connectivity index (χ3v) is 5.83. The lowest BCUT2D eigenvalue weighted by Gasteiger charge is -2.36. The van der Waals surface area contributed by atoms with Crippen molar-refractivity contribution < 1.29 is 9.47 Å². The summed E-state index contributed by atoms with van der Waals surface area (Å²) in [6.45, 7) is 17.0. The second kappa shape index (κ2) is 11.5. The lowest BCUT2D eigenvalue weighted by molar-refractivity contribution is -0.0475. The van der Waals surface area contributed by atoms with E-state index in [-0.39, 0.29) is 0 Å². The maximum absolute atomic E-state index is 9.94. The van der Waals surface area contributed by atoms with Crippen LogP contribution in [-0.4, -0.2) is 35.5 Å². The molecule has 0 aliphatic carbocycles. The van der Waals surface area contributed by atoms with Gasteiger partial charge in [-0.05, 0) is 53.4 Å². The Bertz CT molecular complexity index is 532. The van der Waals surface area contributed by atoms with Gasteiger partial charge in [0.15, 0.2) is 11.1 Å². The number of nitrogens with zero attached hydrogens (tertiary/aromatic N) is 4. The Morgan fingerprint density at radius 1 is 0.643 bits per heavy atom. The second-order valence-electron chi connectivity index (χ2n) is 8.02. The zero-order valence-corrected chi connectivity index (χ0v) is 19.3. The van der Waals surface area contributed by atoms with Gasteiger partial charge in [0.2, 0.25) is 0 Å². The van der Waals surface area contributed by atoms with Gasteiger partial charge in [-0.2, -0.15) is 20.8 Å². The van der Waals surface area contributed by atoms with E-state index in [0.717, 1.165) is 12.8 Å². The topological polar surface area (TPSA) is 90.8 Å². The summed E-state index contributed by atoms with van der Waals surface area (Å²) in [7, 11) is 0. The minimum atomic E-state index is -1.01. The predicted molar refractivity (Wildman–Crippen MR) is 112 cm³/mol. The van der Waals surface area contributed by atoms with Gasteiger partial charge in [-0.3, -0.25) is 0 Å². The molecule has 0 fully saturated rings. The van der Waals surface area contributed by atoms with Crippen molar-refractivity contribution in [2.45, 2.75) is 116 Å². The average molecular weight is 393 g/mol. The van der Waals surface area contributed by atoms with Gasteiger partial charge >= 0.3 is 0 Å². The first kappa shape index (κ1) is 26.5. The van der Waals surface area contributed by atoms with Crippen LogP contribution in [0.2, 0.25) is 0 Å². The van der Waals surface area contributed by atoms with Gasteiger partial charge in [0, 0.05) is 26.1 Å². The van der Waals surface area contributed by atoms with Gasteiger partial charge in [0.25, 0.3) is 0 Å². The molecule has 0 N–H and O–H groups in total. The van der Waals surface area contributed by atoms with E-state index < -0.39 is 22.3 Å². The normalized spacial score (nSPS) is 20.4. The molecule has 0 saturated heterocycles. The third-order valence-electron chi connectivity index (χ3n) is 5.83. The molecule has 0 aromatic carbocycles. The monoisotopic (exact) mass is 392 g/mol. The summed E-state index contributed by atoms with van der Waals surface area (Å²) in [5.41, 5.74) is -2.93. The molecule has 0 radical (unpaired) electrons. The molecule has 0 aromatic heterocycles. The molecule has 0 saturated carbocycles. The Kier molecular flexibility index (Phi) is 10.9. The zero-order chi connectivity index (χ0) is 21.9. The fourth-order valence-electron chi connectivity index (χ4n) is 3.43. The van der Waals surface area contributed by atoms with Gasteiger partial charge in [-0.1, -0.05) is 27.7 Å². The SMILES string of the molecule is CCOC(C)(CC)CC(C#N)(CC)N=NC(C#N)(CC)CC(C)(CC)OCC. The van der Waals surface area contributed by atoms with Crippen LogP contribution in [0.15, 0.2) is 10.2 Å². The summed E-state index contributed by atoms with van der Waals surface area (Å²) in [5, 5.41) is 28.9. The molecule has 0 amide bonds. The van der Waals surface area contributed by atoms with Crippen molar-refractivity contribution in [2.75, 3.05) is 13.2 Å². The minimum absolute atomic E-state index is 0.447. The number of hydrogen-bond donors (Lipinski definition) is 0. The highest BCUT2D eigenvalue weighted by atomic mass is 16.5. The highest BCUT2D eigenvalue weighted by Gasteiger charge is 2.41. The molecular weight excluding hydrogens is 352 g/mol. The van der Waals surface area contributed by atoms with Crippen LogP contribution in [0.5, 0.6) is 0 Å². The van der Waals surface area contributed by atoms with Crippen molar-refractivity contribution in [3.8, 4) is 12.1 Å². The van der Waals surface area contributed by atoms with Gasteiger partial charge in [0.05, 0.1) is 23.3 Å². The zero-order valence-electron chi connectivity index (χ0n) is 19.3. The third kappa shape index (κ3) is 7.15. The fraction of sp³-hybridized carbons (Fsp3) is 0.909. The summed E-state index contributed by atoms with van der Waals surface area (Å²) >= 11 is 0. The van der Waals surface area contributed by atoms with Crippen molar-refractivity contribution in [1.82, 2.24) is 0 Å². The molecule has 0 aliphatic rings. The summed E-state index contributed by atoms with van der Waals surface area (Å²) in [6, 6.07) is 4.71. The molecule has 160 valence electrons. The predicted octanol–water partition coefficient (Wildman–Crippen LogP) is 5.97. The Morgan fingerprint density at radius 3 is 1.14 bits per heavy atom. The van der Waals surface area contributed by atoms with Gasteiger partial charge in [0.1, 0.15) is 0 Å². The molecule has 28 heavy (non-hydrogen) atoms. The number of ether oxygens (including phenoxy) is 2. The van der Waals surface area contributed by atoms with Gasteiger partial charge < -0.3 is 9.47 Å². The van der Waals surface area contributed by atoms with Crippen molar-refractivity contribution in [3.63, 3.8) is 0 Å². The first-order valence-electron chi connectivity index (χ1n) is 10.7. The van der Waals surface area contributed by atoms with Gasteiger partial charge in [-0.15, -0.1) is 0 Å². The van der Waals surface area contributed by atoms with E-state index in [4.69, 9.17) is 9.47 Å². The van der Waals surface area contributed by atoms with E-state index in [1.54, 1.807) is 0 Å². The van der Waals surface area contributed by atoms with Crippen LogP contribution in [0.3, 0.4) is 0 Å². The van der Waals surface area contributed by atoms with E-state index in [1.807, 2.05) is 55.4 Å². The number of rotatable bonds is 14. The fourth-order valence-corrected chi connectivity index (χ4v) is 3.43. The maximum Gasteiger partial charge on any atom is 0.170 e. The standard InChI is InChI=1S/C22H40N4O2/c1-9-19(7,27-13-5)15-21(11-3,17-23)25-26-22(12-4,18-24)16-20(8,10-2)28-14-6/h9-16H2,1-8H3. The van der Waals surface area contributed by atoms with Crippen LogP contribution in [0.1, 0.15) is 93.9 Å². The quantitative estimate of drug-likeness (QED) is 0.340. The highest BCUT2D eigenvalue weighted by Crippen LogP contribution is 2.36. The lowest BCUT2D eigenvalue weighted by Crippen LogP contribution is -2.41. The molecule has 0 heterocycles. The van der Waals surface area contributed by atoms with Crippen molar-refractivity contribution >= 4 is 0 Å². The number of hydrogen-bond acceptors (Lipinski definition) is 6. The van der Waals surface area contributed by atoms with E-state index in [9.17, 15) is 10.5 Å². The largest absolute Gasteiger partial charge is 0.375 e. The Morgan fingerprint density at radius 2 is 0.964 bits per heavy atom. The van der Waals surface area contributed by atoms with Crippen LogP contribution < -0.4 is 0 Å². The molecule has 4 atom stereocenters. The van der Waals surface area contributed by atoms with Crippen LogP contribution >= 0.6 is 0 Å². The maximum atomic E-state index is 9.94. The van der Waals surface area contributed by atoms with Crippen LogP contribution in [0.4, 0.5) is 0 Å². The van der Waals surface area contributed by atoms with E-state index in [1.165, 1.54) is 0 Å². The average Bonchev–Trinajstić information content (AvgIpc) is 2.70. The van der Waals surface area contributed by atoms with Crippen LogP contribution in [-0.2, 0) is 9.47 Å². The van der Waals surface area contributed by atoms with Crippen molar-refractivity contribution in [1.29, 1.82) is 10.5 Å². The Labute approximate surface area is 172 Å². The molecule has 4 unspecified atom stereocenters. The Balaban J connectivity index is 5.92. The second-order valence-corrected chi connectivity index (χ2v) is 8.02. The molecule has 0 bridgehead atoms. The number of azo groups is 1. The molecule has 6 nitrogen and oxygen atoms in total. The molecule has 0 spiro atoms. The molecular formula is C22H40N4O2. The van der Waals surface area contributed by atoms with E-state index in [2.05, 4.69) is 22.4 Å². The first-order chi connectivity index (χ1) is 13.1. The van der Waals surface area contributed by atoms with Crippen molar-refractivity contribution in [3.05, 3.63) is 0 Å². The van der Waals surface area contributed by atoms with Crippen molar-refractivity contribution in [2.24, 2.45) is 10.2 Å². The minimum Gasteiger partial charge on any atom is -0.375 e. The van der Waals surface area contributed by atoms with E-state index >= 15 is 0 Å². The molecule has 0 aliphatic heterocycles. The summed E-state index contributed by atoms with van der Waals surface area (Å²) in [6.07, 6.45) is 3.46. The summed E-state index contributed by atoms with van der Waals surface area (Å²) < 4.78 is 11.8. The van der Waals surface area contributed by atoms with Gasteiger partial charge in [-0.25, -0.2) is 0 Å². The van der Waals surface area contributed by atoms with Crippen LogP contribution in [0, 0.1) is 22.7 Å². The molecule has 0 rings (SSSR count). The smallest absolute Gasteiger partial charge is 0.170 e. The Hall–Kier alpha value is -1.50. The lowest BCUT2D eigenvalue weighted by atomic mass is 9.82. The van der Waals surface area contributed by atoms with E-state index in [0.29, 0.717) is 38.9 Å². The first-order valence-corrected chi connectivity index (χ1v) is 10.7. The highest BCUT2D eigenvalue weighted by molar-refractivity contribution is 5.13. The summed E-state index contributed by atoms with van der Waals surface area (Å²) in [5.74, 6) is 0. The number of nitriles is 2. The molecule has 0 aromatic rings. The summed E-state index contributed by atoms with van der Waals surface area (Å²) in [4.78, 5) is 0. The molecule has 6 heteroatoms.